The summed E-state index contributed by atoms with van der Waals surface area (Å²) < 4.78 is 28.4. The first-order valence-corrected chi connectivity index (χ1v) is 7.53. The molecule has 1 unspecified atom stereocenters. The molecule has 6 nitrogen and oxygen atoms in total. The van der Waals surface area contributed by atoms with Crippen molar-refractivity contribution < 1.29 is 18.3 Å². The maximum atomic E-state index is 11.7. The number of ether oxygens (including phenoxy) is 1. The van der Waals surface area contributed by atoms with E-state index >= 15 is 0 Å². The maximum Gasteiger partial charge on any atom is 0.242 e. The summed E-state index contributed by atoms with van der Waals surface area (Å²) in [5.74, 6) is 0.131. The molecule has 0 radical (unpaired) electrons. The molecule has 0 aliphatic heterocycles. The quantitative estimate of drug-likeness (QED) is 0.751. The molecule has 108 valence electrons. The lowest BCUT2D eigenvalue weighted by Gasteiger charge is -2.27. The zero-order valence-corrected chi connectivity index (χ0v) is 12.1. The highest BCUT2D eigenvalue weighted by Gasteiger charge is 2.26. The van der Waals surface area contributed by atoms with Crippen molar-refractivity contribution in [2.24, 2.45) is 5.14 Å². The van der Waals surface area contributed by atoms with Gasteiger partial charge in [0.1, 0.15) is 16.9 Å². The van der Waals surface area contributed by atoms with Gasteiger partial charge in [-0.1, -0.05) is 26.0 Å². The van der Waals surface area contributed by atoms with Gasteiger partial charge in [0.15, 0.2) is 0 Å². The molecule has 1 aromatic rings. The van der Waals surface area contributed by atoms with Gasteiger partial charge in [-0.2, -0.15) is 0 Å². The van der Waals surface area contributed by atoms with Gasteiger partial charge in [0.2, 0.25) is 10.0 Å². The van der Waals surface area contributed by atoms with Crippen molar-refractivity contribution in [1.82, 2.24) is 4.90 Å². The Morgan fingerprint density at radius 3 is 2.37 bits per heavy atom. The number of primary sulfonamides is 1. The molecule has 0 bridgehead atoms. The molecular weight excluding hydrogens is 268 g/mol. The number of methoxy groups -OCH3 is 1. The van der Waals surface area contributed by atoms with Gasteiger partial charge < -0.3 is 9.84 Å². The highest BCUT2D eigenvalue weighted by atomic mass is 32.2. The predicted octanol–water partition coefficient (Wildman–Crippen LogP) is 0.675. The SMILES string of the molecule is CCN(CC)C(O)c1cccc(OC)c1S(N)(=O)=O. The Bertz CT molecular complexity index is 527. The lowest BCUT2D eigenvalue weighted by atomic mass is 10.1. The minimum atomic E-state index is -3.98. The van der Waals surface area contributed by atoms with Crippen molar-refractivity contribution in [3.05, 3.63) is 23.8 Å². The Kier molecular flexibility index (Phi) is 5.30. The van der Waals surface area contributed by atoms with Crippen LogP contribution in [-0.2, 0) is 10.0 Å². The Labute approximate surface area is 113 Å². The topological polar surface area (TPSA) is 92.9 Å². The number of rotatable bonds is 6. The second-order valence-electron chi connectivity index (χ2n) is 4.02. The number of aliphatic hydroxyl groups is 1. The van der Waals surface area contributed by atoms with Crippen LogP contribution in [0, 0.1) is 0 Å². The smallest absolute Gasteiger partial charge is 0.242 e. The van der Waals surface area contributed by atoms with Gasteiger partial charge in [-0.15, -0.1) is 0 Å². The van der Waals surface area contributed by atoms with E-state index in [0.717, 1.165) is 0 Å². The molecule has 3 N–H and O–H groups in total. The van der Waals surface area contributed by atoms with Gasteiger partial charge in [-0.3, -0.25) is 4.90 Å². The van der Waals surface area contributed by atoms with Gasteiger partial charge in [-0.25, -0.2) is 13.6 Å². The van der Waals surface area contributed by atoms with Gasteiger partial charge >= 0.3 is 0 Å². The summed E-state index contributed by atoms with van der Waals surface area (Å²) in [6.45, 7) is 4.92. The molecular formula is C12H20N2O4S. The Hall–Kier alpha value is -1.15. The second kappa shape index (κ2) is 6.33. The summed E-state index contributed by atoms with van der Waals surface area (Å²) in [7, 11) is -2.62. The lowest BCUT2D eigenvalue weighted by Crippen LogP contribution is -2.30. The predicted molar refractivity (Wildman–Crippen MR) is 72.2 cm³/mol. The fraction of sp³-hybridized carbons (Fsp3) is 0.500. The van der Waals surface area contributed by atoms with Gasteiger partial charge in [0.25, 0.3) is 0 Å². The minimum Gasteiger partial charge on any atom is -0.495 e. The number of nitrogens with zero attached hydrogens (tertiary/aromatic N) is 1. The van der Waals surface area contributed by atoms with Crippen molar-refractivity contribution >= 4 is 10.0 Å². The number of benzene rings is 1. The Morgan fingerprint density at radius 1 is 1.37 bits per heavy atom. The average molecular weight is 288 g/mol. The van der Waals surface area contributed by atoms with E-state index in [9.17, 15) is 13.5 Å². The Morgan fingerprint density at radius 2 is 1.95 bits per heavy atom. The maximum absolute atomic E-state index is 11.7. The summed E-state index contributed by atoms with van der Waals surface area (Å²) in [5.41, 5.74) is 0.227. The molecule has 1 aromatic carbocycles. The van der Waals surface area contributed by atoms with E-state index in [2.05, 4.69) is 0 Å². The summed E-state index contributed by atoms with van der Waals surface area (Å²) in [5, 5.41) is 15.5. The van der Waals surface area contributed by atoms with Crippen LogP contribution < -0.4 is 9.88 Å². The summed E-state index contributed by atoms with van der Waals surface area (Å²) in [6.07, 6.45) is -1.04. The third kappa shape index (κ3) is 3.44. The first kappa shape index (κ1) is 15.9. The number of sulfonamides is 1. The first-order valence-electron chi connectivity index (χ1n) is 5.98. The largest absolute Gasteiger partial charge is 0.495 e. The molecule has 0 aliphatic rings. The monoisotopic (exact) mass is 288 g/mol. The van der Waals surface area contributed by atoms with Crippen LogP contribution >= 0.6 is 0 Å². The normalized spacial score (nSPS) is 13.6. The molecule has 0 saturated heterocycles. The molecule has 0 amide bonds. The van der Waals surface area contributed by atoms with E-state index in [1.807, 2.05) is 13.8 Å². The summed E-state index contributed by atoms with van der Waals surface area (Å²) in [6, 6.07) is 4.65. The van der Waals surface area contributed by atoms with Crippen molar-refractivity contribution in [2.75, 3.05) is 20.2 Å². The van der Waals surface area contributed by atoms with Crippen LogP contribution in [0.5, 0.6) is 5.75 Å². The number of hydrogen-bond acceptors (Lipinski definition) is 5. The van der Waals surface area contributed by atoms with E-state index in [4.69, 9.17) is 9.88 Å². The van der Waals surface area contributed by atoms with Crippen molar-refractivity contribution in [1.29, 1.82) is 0 Å². The fourth-order valence-electron chi connectivity index (χ4n) is 1.97. The van der Waals surface area contributed by atoms with Crippen molar-refractivity contribution in [2.45, 2.75) is 25.0 Å². The fourth-order valence-corrected chi connectivity index (χ4v) is 2.90. The van der Waals surface area contributed by atoms with Crippen LogP contribution in [0.25, 0.3) is 0 Å². The number of aliphatic hydroxyl groups excluding tert-OH is 1. The summed E-state index contributed by atoms with van der Waals surface area (Å²) in [4.78, 5) is 1.54. The first-order chi connectivity index (χ1) is 8.86. The molecule has 0 fully saturated rings. The van der Waals surface area contributed by atoms with E-state index in [1.54, 1.807) is 11.0 Å². The molecule has 0 saturated carbocycles. The number of nitrogens with two attached hydrogens (primary N) is 1. The van der Waals surface area contributed by atoms with Crippen LogP contribution in [0.3, 0.4) is 0 Å². The van der Waals surface area contributed by atoms with Gasteiger partial charge in [0.05, 0.1) is 7.11 Å². The van der Waals surface area contributed by atoms with Gasteiger partial charge in [-0.05, 0) is 19.2 Å². The average Bonchev–Trinajstić information content (AvgIpc) is 2.38. The molecule has 7 heteroatoms. The molecule has 19 heavy (non-hydrogen) atoms. The van der Waals surface area contributed by atoms with E-state index in [-0.39, 0.29) is 16.2 Å². The van der Waals surface area contributed by atoms with Crippen LogP contribution in [0.1, 0.15) is 25.6 Å². The molecule has 1 atom stereocenters. The standard InChI is InChI=1S/C12H20N2O4S/c1-4-14(5-2)12(15)9-7-6-8-10(18-3)11(9)19(13,16)17/h6-8,12,15H,4-5H2,1-3H3,(H2,13,16,17). The third-order valence-electron chi connectivity index (χ3n) is 2.95. The molecule has 1 rings (SSSR count). The Balaban J connectivity index is 3.43. The third-order valence-corrected chi connectivity index (χ3v) is 3.96. The minimum absolute atomic E-state index is 0.131. The number of hydrogen-bond donors (Lipinski definition) is 2. The van der Waals surface area contributed by atoms with Gasteiger partial charge in [0, 0.05) is 5.56 Å². The van der Waals surface area contributed by atoms with Crippen molar-refractivity contribution in [3.8, 4) is 5.75 Å². The lowest BCUT2D eigenvalue weighted by molar-refractivity contribution is 0.00661. The summed E-state index contributed by atoms with van der Waals surface area (Å²) >= 11 is 0. The molecule has 0 aromatic heterocycles. The van der Waals surface area contributed by atoms with E-state index in [1.165, 1.54) is 19.2 Å². The van der Waals surface area contributed by atoms with E-state index < -0.39 is 16.3 Å². The zero-order chi connectivity index (χ0) is 14.6. The second-order valence-corrected chi connectivity index (χ2v) is 5.52. The highest BCUT2D eigenvalue weighted by Crippen LogP contribution is 2.31. The molecule has 0 aliphatic carbocycles. The van der Waals surface area contributed by atoms with Crippen LogP contribution in [0.2, 0.25) is 0 Å². The van der Waals surface area contributed by atoms with Crippen molar-refractivity contribution in [3.63, 3.8) is 0 Å². The molecule has 0 heterocycles. The highest BCUT2D eigenvalue weighted by molar-refractivity contribution is 7.89. The van der Waals surface area contributed by atoms with Crippen LogP contribution in [-0.4, -0.2) is 38.6 Å². The van der Waals surface area contributed by atoms with E-state index in [0.29, 0.717) is 13.1 Å². The molecule has 0 spiro atoms. The van der Waals surface area contributed by atoms with Crippen LogP contribution in [0.4, 0.5) is 0 Å². The van der Waals surface area contributed by atoms with Crippen LogP contribution in [0.15, 0.2) is 23.1 Å². The zero-order valence-electron chi connectivity index (χ0n) is 11.3.